The van der Waals surface area contributed by atoms with Crippen LogP contribution in [0.4, 0.5) is 11.4 Å². The molecule has 0 aliphatic heterocycles. The fraction of sp³-hybridized carbons (Fsp3) is 0.357. The van der Waals surface area contributed by atoms with E-state index in [1.165, 1.54) is 15.9 Å². The van der Waals surface area contributed by atoms with E-state index in [2.05, 4.69) is 9.97 Å². The second-order valence-electron chi connectivity index (χ2n) is 10.8. The van der Waals surface area contributed by atoms with E-state index in [9.17, 15) is 19.8 Å². The standard InChI is InChI=1S/C28H34N4O4/c1-27(2,3)25(35)31(17-19-11-7-9-13-29-19)21-15-22(24(34)16-23(21)33)32(26(36)28(4,5)6)18-20-12-8-10-14-30-20/h7-16,33-34H,17-18H2,1-6H3. The lowest BCUT2D eigenvalue weighted by Gasteiger charge is -2.33. The maximum Gasteiger partial charge on any atom is 0.232 e. The van der Waals surface area contributed by atoms with Gasteiger partial charge in [-0.25, -0.2) is 0 Å². The normalized spacial score (nSPS) is 11.7. The zero-order chi connectivity index (χ0) is 26.7. The van der Waals surface area contributed by atoms with Crippen LogP contribution >= 0.6 is 0 Å². The van der Waals surface area contributed by atoms with Crippen LogP contribution in [0.5, 0.6) is 11.5 Å². The van der Waals surface area contributed by atoms with Crippen molar-refractivity contribution in [2.24, 2.45) is 10.8 Å². The quantitative estimate of drug-likeness (QED) is 0.501. The molecule has 2 heterocycles. The predicted octanol–water partition coefficient (Wildman–Crippen LogP) is 5.05. The Morgan fingerprint density at radius 3 is 1.39 bits per heavy atom. The Kier molecular flexibility index (Phi) is 7.67. The summed E-state index contributed by atoms with van der Waals surface area (Å²) in [5.41, 5.74) is 0.0464. The molecule has 0 aliphatic carbocycles. The van der Waals surface area contributed by atoms with E-state index in [-0.39, 0.29) is 47.8 Å². The van der Waals surface area contributed by atoms with Crippen molar-refractivity contribution in [3.05, 3.63) is 72.3 Å². The highest BCUT2D eigenvalue weighted by molar-refractivity contribution is 6.02. The molecule has 0 saturated heterocycles. The van der Waals surface area contributed by atoms with E-state index in [0.29, 0.717) is 11.4 Å². The molecule has 0 fully saturated rings. The molecule has 0 radical (unpaired) electrons. The molecule has 1 aromatic carbocycles. The minimum absolute atomic E-state index is 0.0994. The highest BCUT2D eigenvalue weighted by atomic mass is 16.3. The number of phenols is 2. The topological polar surface area (TPSA) is 107 Å². The molecule has 3 rings (SSSR count). The molecule has 36 heavy (non-hydrogen) atoms. The summed E-state index contributed by atoms with van der Waals surface area (Å²) in [7, 11) is 0. The van der Waals surface area contributed by atoms with Gasteiger partial charge in [0.2, 0.25) is 11.8 Å². The number of pyridine rings is 2. The second-order valence-corrected chi connectivity index (χ2v) is 10.8. The Bertz CT molecular complexity index is 1120. The summed E-state index contributed by atoms with van der Waals surface area (Å²) in [4.78, 5) is 38.5. The summed E-state index contributed by atoms with van der Waals surface area (Å²) in [6.07, 6.45) is 3.27. The van der Waals surface area contributed by atoms with Gasteiger partial charge < -0.3 is 20.0 Å². The largest absolute Gasteiger partial charge is 0.506 e. The minimum Gasteiger partial charge on any atom is -0.506 e. The SMILES string of the molecule is CC(C)(C)C(=O)N(Cc1ccccn1)c1cc(N(Cc2ccccn2)C(=O)C(C)(C)C)c(O)cc1O. The van der Waals surface area contributed by atoms with Crippen LogP contribution in [-0.2, 0) is 22.7 Å². The van der Waals surface area contributed by atoms with Crippen LogP contribution in [0, 0.1) is 10.8 Å². The summed E-state index contributed by atoms with van der Waals surface area (Å²) in [6.45, 7) is 10.9. The van der Waals surface area contributed by atoms with Crippen molar-refractivity contribution in [2.45, 2.75) is 54.6 Å². The second kappa shape index (κ2) is 10.4. The first-order valence-electron chi connectivity index (χ1n) is 11.8. The van der Waals surface area contributed by atoms with Crippen LogP contribution in [0.1, 0.15) is 52.9 Å². The third-order valence-electron chi connectivity index (χ3n) is 5.52. The van der Waals surface area contributed by atoms with Crippen LogP contribution in [0.25, 0.3) is 0 Å². The number of carbonyl (C=O) groups excluding carboxylic acids is 2. The van der Waals surface area contributed by atoms with Crippen molar-refractivity contribution in [3.63, 3.8) is 0 Å². The first kappa shape index (κ1) is 26.7. The molecule has 0 bridgehead atoms. The number of anilines is 2. The first-order valence-corrected chi connectivity index (χ1v) is 11.8. The van der Waals surface area contributed by atoms with Crippen molar-refractivity contribution in [3.8, 4) is 11.5 Å². The number of hydrogen-bond donors (Lipinski definition) is 2. The summed E-state index contributed by atoms with van der Waals surface area (Å²) in [5.74, 6) is -1.08. The molecule has 0 atom stereocenters. The Balaban J connectivity index is 2.17. The number of nitrogens with zero attached hydrogens (tertiary/aromatic N) is 4. The molecule has 190 valence electrons. The van der Waals surface area contributed by atoms with Gasteiger partial charge >= 0.3 is 0 Å². The van der Waals surface area contributed by atoms with Gasteiger partial charge in [-0.05, 0) is 30.3 Å². The van der Waals surface area contributed by atoms with E-state index in [4.69, 9.17) is 0 Å². The maximum atomic E-state index is 13.5. The average molecular weight is 491 g/mol. The van der Waals surface area contributed by atoms with Gasteiger partial charge in [0.05, 0.1) is 35.9 Å². The van der Waals surface area contributed by atoms with E-state index < -0.39 is 10.8 Å². The highest BCUT2D eigenvalue weighted by Gasteiger charge is 2.34. The minimum atomic E-state index is -0.770. The molecule has 0 aliphatic rings. The van der Waals surface area contributed by atoms with Gasteiger partial charge in [-0.15, -0.1) is 0 Å². The third-order valence-corrected chi connectivity index (χ3v) is 5.52. The van der Waals surface area contributed by atoms with Crippen LogP contribution in [0.2, 0.25) is 0 Å². The third kappa shape index (κ3) is 6.19. The molecule has 8 nitrogen and oxygen atoms in total. The number of hydrogen-bond acceptors (Lipinski definition) is 6. The number of carbonyl (C=O) groups is 2. The fourth-order valence-corrected chi connectivity index (χ4v) is 3.64. The molecular weight excluding hydrogens is 456 g/mol. The van der Waals surface area contributed by atoms with Gasteiger partial charge in [0.25, 0.3) is 0 Å². The van der Waals surface area contributed by atoms with Gasteiger partial charge in [0, 0.05) is 29.3 Å². The summed E-state index contributed by atoms with van der Waals surface area (Å²) < 4.78 is 0. The van der Waals surface area contributed by atoms with E-state index >= 15 is 0 Å². The molecule has 2 amide bonds. The Labute approximate surface area is 212 Å². The zero-order valence-electron chi connectivity index (χ0n) is 21.7. The molecule has 0 spiro atoms. The lowest BCUT2D eigenvalue weighted by molar-refractivity contribution is -0.126. The first-order chi connectivity index (χ1) is 16.8. The van der Waals surface area contributed by atoms with Gasteiger partial charge in [0.1, 0.15) is 11.5 Å². The molecule has 8 heteroatoms. The monoisotopic (exact) mass is 490 g/mol. The predicted molar refractivity (Wildman–Crippen MR) is 140 cm³/mol. The summed E-state index contributed by atoms with van der Waals surface area (Å²) in [6, 6.07) is 13.4. The van der Waals surface area contributed by atoms with E-state index in [1.54, 1.807) is 78.2 Å². The van der Waals surface area contributed by atoms with E-state index in [0.717, 1.165) is 6.07 Å². The van der Waals surface area contributed by atoms with Crippen LogP contribution in [-0.4, -0.2) is 32.0 Å². The summed E-state index contributed by atoms with van der Waals surface area (Å²) in [5, 5.41) is 21.7. The molecule has 2 aromatic heterocycles. The molecule has 3 aromatic rings. The maximum absolute atomic E-state index is 13.5. The van der Waals surface area contributed by atoms with E-state index in [1.807, 2.05) is 12.1 Å². The van der Waals surface area contributed by atoms with Crippen LogP contribution in [0.15, 0.2) is 60.9 Å². The fourth-order valence-electron chi connectivity index (χ4n) is 3.64. The van der Waals surface area contributed by atoms with Gasteiger partial charge in [-0.1, -0.05) is 53.7 Å². The van der Waals surface area contributed by atoms with Crippen molar-refractivity contribution in [1.82, 2.24) is 9.97 Å². The lowest BCUT2D eigenvalue weighted by atomic mass is 9.93. The zero-order valence-corrected chi connectivity index (χ0v) is 21.7. The number of rotatable bonds is 6. The number of benzene rings is 1. The molecule has 2 N–H and O–H groups in total. The Morgan fingerprint density at radius 1 is 0.694 bits per heavy atom. The summed E-state index contributed by atoms with van der Waals surface area (Å²) >= 11 is 0. The number of aromatic hydroxyl groups is 2. The van der Waals surface area contributed by atoms with Gasteiger partial charge in [-0.2, -0.15) is 0 Å². The average Bonchev–Trinajstić information content (AvgIpc) is 2.81. The van der Waals surface area contributed by atoms with Crippen molar-refractivity contribution in [2.75, 3.05) is 9.80 Å². The molecule has 0 unspecified atom stereocenters. The van der Waals surface area contributed by atoms with Crippen LogP contribution in [0.3, 0.4) is 0 Å². The lowest BCUT2D eigenvalue weighted by Crippen LogP contribution is -2.41. The number of amides is 2. The van der Waals surface area contributed by atoms with Crippen molar-refractivity contribution < 1.29 is 19.8 Å². The van der Waals surface area contributed by atoms with Crippen molar-refractivity contribution in [1.29, 1.82) is 0 Å². The van der Waals surface area contributed by atoms with Crippen LogP contribution < -0.4 is 9.80 Å². The van der Waals surface area contributed by atoms with Gasteiger partial charge in [0.15, 0.2) is 0 Å². The molecular formula is C28H34N4O4. The van der Waals surface area contributed by atoms with Crippen molar-refractivity contribution >= 4 is 23.2 Å². The Hall–Kier alpha value is -3.94. The van der Waals surface area contributed by atoms with Gasteiger partial charge in [-0.3, -0.25) is 19.6 Å². The number of aromatic nitrogens is 2. The smallest absolute Gasteiger partial charge is 0.232 e. The number of phenolic OH excluding ortho intramolecular Hbond substituents is 2. The highest BCUT2D eigenvalue weighted by Crippen LogP contribution is 2.42. The Morgan fingerprint density at radius 2 is 1.08 bits per heavy atom. The molecule has 0 saturated carbocycles.